The standard InChI is InChI=1S/C28H35FN2O5/c1-6-30(7-2)15-8-16-31-25(19-9-12-21(35-5)13-10-19)24(27(33)28(31)34)26(32)20-11-14-23(22(29)17-20)36-18(3)4/h9-14,17-18,25,32H,6-8,15-16H2,1-5H3. The highest BCUT2D eigenvalue weighted by atomic mass is 19.1. The van der Waals surface area contributed by atoms with Gasteiger partial charge in [0.1, 0.15) is 11.5 Å². The number of hydrogen-bond acceptors (Lipinski definition) is 6. The molecule has 2 aromatic rings. The molecule has 1 saturated heterocycles. The van der Waals surface area contributed by atoms with Gasteiger partial charge in [-0.05, 0) is 75.8 Å². The first-order valence-corrected chi connectivity index (χ1v) is 12.3. The fourth-order valence-corrected chi connectivity index (χ4v) is 4.40. The summed E-state index contributed by atoms with van der Waals surface area (Å²) in [7, 11) is 1.55. The van der Waals surface area contributed by atoms with Crippen molar-refractivity contribution in [3.8, 4) is 11.5 Å². The summed E-state index contributed by atoms with van der Waals surface area (Å²) < 4.78 is 25.4. The highest BCUT2D eigenvalue weighted by molar-refractivity contribution is 6.46. The van der Waals surface area contributed by atoms with E-state index in [-0.39, 0.29) is 23.0 Å². The first kappa shape index (κ1) is 27.2. The Bertz CT molecular complexity index is 1110. The molecule has 2 aromatic carbocycles. The van der Waals surface area contributed by atoms with E-state index in [9.17, 15) is 19.1 Å². The van der Waals surface area contributed by atoms with Crippen LogP contribution >= 0.6 is 0 Å². The molecule has 1 aliphatic heterocycles. The van der Waals surface area contributed by atoms with Crippen molar-refractivity contribution in [1.82, 2.24) is 9.80 Å². The molecule has 1 unspecified atom stereocenters. The molecule has 1 heterocycles. The van der Waals surface area contributed by atoms with Gasteiger partial charge >= 0.3 is 0 Å². The summed E-state index contributed by atoms with van der Waals surface area (Å²) >= 11 is 0. The maximum atomic E-state index is 14.7. The average Bonchev–Trinajstić information content (AvgIpc) is 3.12. The molecule has 194 valence electrons. The number of halogens is 1. The lowest BCUT2D eigenvalue weighted by Crippen LogP contribution is -2.33. The van der Waals surface area contributed by atoms with Crippen LogP contribution in [0.15, 0.2) is 48.0 Å². The van der Waals surface area contributed by atoms with Crippen molar-refractivity contribution in [3.05, 3.63) is 65.0 Å². The molecule has 8 heteroatoms. The molecule has 3 rings (SSSR count). The van der Waals surface area contributed by atoms with Gasteiger partial charge < -0.3 is 24.4 Å². The van der Waals surface area contributed by atoms with E-state index in [0.29, 0.717) is 24.3 Å². The number of amides is 1. The predicted octanol–water partition coefficient (Wildman–Crippen LogP) is 4.78. The summed E-state index contributed by atoms with van der Waals surface area (Å²) in [5.74, 6) is -1.89. The number of Topliss-reactive ketones (excluding diaryl/α,β-unsaturated/α-hetero) is 1. The van der Waals surface area contributed by atoms with Crippen molar-refractivity contribution in [3.63, 3.8) is 0 Å². The van der Waals surface area contributed by atoms with Gasteiger partial charge in [0.2, 0.25) is 0 Å². The second-order valence-corrected chi connectivity index (χ2v) is 8.96. The molecule has 7 nitrogen and oxygen atoms in total. The second kappa shape index (κ2) is 12.0. The van der Waals surface area contributed by atoms with Crippen LogP contribution in [0.2, 0.25) is 0 Å². The number of carbonyl (C=O) groups is 2. The average molecular weight is 499 g/mol. The summed E-state index contributed by atoms with van der Waals surface area (Å²) in [5, 5.41) is 11.2. The molecule has 0 radical (unpaired) electrons. The van der Waals surface area contributed by atoms with Crippen LogP contribution in [-0.2, 0) is 9.59 Å². The number of aliphatic hydroxyl groups excluding tert-OH is 1. The van der Waals surface area contributed by atoms with Crippen LogP contribution in [-0.4, -0.2) is 66.0 Å². The van der Waals surface area contributed by atoms with Crippen molar-refractivity contribution in [2.45, 2.75) is 46.3 Å². The molecule has 1 atom stereocenters. The molecule has 1 N–H and O–H groups in total. The number of nitrogens with zero attached hydrogens (tertiary/aromatic N) is 2. The summed E-state index contributed by atoms with van der Waals surface area (Å²) in [6.45, 7) is 10.6. The third kappa shape index (κ3) is 5.87. The minimum absolute atomic E-state index is 0.0464. The van der Waals surface area contributed by atoms with E-state index < -0.39 is 29.3 Å². The molecule has 0 aromatic heterocycles. The Morgan fingerprint density at radius 3 is 2.33 bits per heavy atom. The van der Waals surface area contributed by atoms with Crippen LogP contribution in [0, 0.1) is 5.82 Å². The van der Waals surface area contributed by atoms with Crippen LogP contribution in [0.25, 0.3) is 5.76 Å². The summed E-state index contributed by atoms with van der Waals surface area (Å²) in [4.78, 5) is 30.0. The van der Waals surface area contributed by atoms with E-state index in [0.717, 1.165) is 25.7 Å². The van der Waals surface area contributed by atoms with Crippen LogP contribution in [0.4, 0.5) is 4.39 Å². The summed E-state index contributed by atoms with van der Waals surface area (Å²) in [6.07, 6.45) is 0.438. The van der Waals surface area contributed by atoms with Gasteiger partial charge in [-0.25, -0.2) is 4.39 Å². The summed E-state index contributed by atoms with van der Waals surface area (Å²) in [5.41, 5.74) is 0.688. The van der Waals surface area contributed by atoms with Crippen molar-refractivity contribution >= 4 is 17.4 Å². The van der Waals surface area contributed by atoms with Gasteiger partial charge in [-0.15, -0.1) is 0 Å². The minimum Gasteiger partial charge on any atom is -0.507 e. The summed E-state index contributed by atoms with van der Waals surface area (Å²) in [6, 6.07) is 10.2. The second-order valence-electron chi connectivity index (χ2n) is 8.96. The largest absolute Gasteiger partial charge is 0.507 e. The molecule has 1 aliphatic rings. The Kier molecular flexibility index (Phi) is 9.09. The number of rotatable bonds is 11. The predicted molar refractivity (Wildman–Crippen MR) is 137 cm³/mol. The third-order valence-corrected chi connectivity index (χ3v) is 6.31. The lowest BCUT2D eigenvalue weighted by atomic mass is 9.95. The van der Waals surface area contributed by atoms with E-state index in [2.05, 4.69) is 18.7 Å². The van der Waals surface area contributed by atoms with E-state index in [1.807, 2.05) is 0 Å². The van der Waals surface area contributed by atoms with Gasteiger partial charge in [0.05, 0.1) is 24.8 Å². The number of ether oxygens (including phenoxy) is 2. The molecular weight excluding hydrogens is 463 g/mol. The van der Waals surface area contributed by atoms with E-state index in [1.165, 1.54) is 17.0 Å². The number of likely N-dealkylation sites (tertiary alicyclic amines) is 1. The molecule has 0 spiro atoms. The number of hydrogen-bond donors (Lipinski definition) is 1. The Labute approximate surface area is 212 Å². The first-order chi connectivity index (χ1) is 17.2. The zero-order chi connectivity index (χ0) is 26.4. The minimum atomic E-state index is -0.803. The molecule has 0 aliphatic carbocycles. The highest BCUT2D eigenvalue weighted by Crippen LogP contribution is 2.40. The van der Waals surface area contributed by atoms with E-state index >= 15 is 0 Å². The lowest BCUT2D eigenvalue weighted by molar-refractivity contribution is -0.140. The van der Waals surface area contributed by atoms with Crippen molar-refractivity contribution in [1.29, 1.82) is 0 Å². The quantitative estimate of drug-likeness (QED) is 0.273. The van der Waals surface area contributed by atoms with Gasteiger partial charge in [0.15, 0.2) is 11.6 Å². The van der Waals surface area contributed by atoms with Gasteiger partial charge in [-0.3, -0.25) is 9.59 Å². The number of benzene rings is 2. The van der Waals surface area contributed by atoms with Gasteiger partial charge in [0.25, 0.3) is 11.7 Å². The number of methoxy groups -OCH3 is 1. The van der Waals surface area contributed by atoms with Crippen LogP contribution < -0.4 is 9.47 Å². The first-order valence-electron chi connectivity index (χ1n) is 12.3. The van der Waals surface area contributed by atoms with Gasteiger partial charge in [0, 0.05) is 12.1 Å². The van der Waals surface area contributed by atoms with Crippen LogP contribution in [0.3, 0.4) is 0 Å². The van der Waals surface area contributed by atoms with E-state index in [4.69, 9.17) is 9.47 Å². The zero-order valence-electron chi connectivity index (χ0n) is 21.6. The smallest absolute Gasteiger partial charge is 0.295 e. The lowest BCUT2D eigenvalue weighted by Gasteiger charge is -2.27. The normalized spacial score (nSPS) is 17.3. The van der Waals surface area contributed by atoms with Gasteiger partial charge in [-0.2, -0.15) is 0 Å². The fraction of sp³-hybridized carbons (Fsp3) is 0.429. The molecule has 1 fully saturated rings. The molecular formula is C28H35FN2O5. The number of ketones is 1. The Morgan fingerprint density at radius 1 is 1.11 bits per heavy atom. The highest BCUT2D eigenvalue weighted by Gasteiger charge is 2.45. The molecule has 0 bridgehead atoms. The molecule has 36 heavy (non-hydrogen) atoms. The monoisotopic (exact) mass is 498 g/mol. The SMILES string of the molecule is CCN(CC)CCCN1C(=O)C(=O)C(=C(O)c2ccc(OC(C)C)c(F)c2)C1c1ccc(OC)cc1. The Balaban J connectivity index is 2.03. The number of aliphatic hydroxyl groups is 1. The van der Waals surface area contributed by atoms with Crippen molar-refractivity contribution in [2.75, 3.05) is 33.3 Å². The Morgan fingerprint density at radius 2 is 1.78 bits per heavy atom. The zero-order valence-corrected chi connectivity index (χ0v) is 21.6. The topological polar surface area (TPSA) is 79.3 Å². The Hall–Kier alpha value is -3.39. The molecule has 1 amide bonds. The third-order valence-electron chi connectivity index (χ3n) is 6.31. The van der Waals surface area contributed by atoms with Crippen molar-refractivity contribution < 1.29 is 28.6 Å². The van der Waals surface area contributed by atoms with Crippen molar-refractivity contribution in [2.24, 2.45) is 0 Å². The van der Waals surface area contributed by atoms with Crippen LogP contribution in [0.1, 0.15) is 51.3 Å². The maximum absolute atomic E-state index is 14.7. The van der Waals surface area contributed by atoms with Gasteiger partial charge in [-0.1, -0.05) is 26.0 Å². The maximum Gasteiger partial charge on any atom is 0.295 e. The number of carbonyl (C=O) groups excluding carboxylic acids is 2. The molecule has 0 saturated carbocycles. The van der Waals surface area contributed by atoms with Crippen LogP contribution in [0.5, 0.6) is 11.5 Å². The van der Waals surface area contributed by atoms with E-state index in [1.54, 1.807) is 45.2 Å². The fourth-order valence-electron chi connectivity index (χ4n) is 4.40.